The van der Waals surface area contributed by atoms with Gasteiger partial charge in [-0.25, -0.2) is 4.79 Å². The summed E-state index contributed by atoms with van der Waals surface area (Å²) in [7, 11) is 0. The minimum atomic E-state index is -0.858. The number of nitrogens with one attached hydrogen (secondary N) is 2. The number of benzene rings is 1. The maximum absolute atomic E-state index is 12.8. The second-order valence-corrected chi connectivity index (χ2v) is 6.90. The Labute approximate surface area is 155 Å². The number of urea groups is 1. The Bertz CT molecular complexity index is 649. The van der Waals surface area contributed by atoms with Crippen molar-refractivity contribution in [2.45, 2.75) is 64.8 Å². The molecule has 6 heteroatoms. The minimum Gasteiger partial charge on any atom is -0.325 e. The van der Waals surface area contributed by atoms with Crippen molar-refractivity contribution in [3.05, 3.63) is 29.8 Å². The summed E-state index contributed by atoms with van der Waals surface area (Å²) in [5.74, 6) is -0.666. The molecule has 1 aliphatic heterocycles. The zero-order chi connectivity index (χ0) is 19.2. The highest BCUT2D eigenvalue weighted by Crippen LogP contribution is 2.28. The van der Waals surface area contributed by atoms with Gasteiger partial charge in [0.2, 0.25) is 5.91 Å². The first-order valence-corrected chi connectivity index (χ1v) is 9.48. The molecule has 1 aromatic carbocycles. The number of aryl methyl sites for hydroxylation is 1. The first kappa shape index (κ1) is 19.9. The molecule has 0 aliphatic carbocycles. The van der Waals surface area contributed by atoms with E-state index >= 15 is 0 Å². The number of anilines is 1. The van der Waals surface area contributed by atoms with E-state index in [0.29, 0.717) is 18.5 Å². The zero-order valence-corrected chi connectivity index (χ0v) is 15.9. The van der Waals surface area contributed by atoms with Crippen LogP contribution in [0.4, 0.5) is 10.5 Å². The predicted molar refractivity (Wildman–Crippen MR) is 102 cm³/mol. The molecule has 1 heterocycles. The summed E-state index contributed by atoms with van der Waals surface area (Å²) in [5.41, 5.74) is 1.02. The van der Waals surface area contributed by atoms with E-state index in [1.54, 1.807) is 0 Å². The molecule has 1 aliphatic rings. The normalized spacial score (nSPS) is 15.9. The fourth-order valence-electron chi connectivity index (χ4n) is 3.52. The molecule has 26 heavy (non-hydrogen) atoms. The van der Waals surface area contributed by atoms with Crippen molar-refractivity contribution in [3.8, 4) is 0 Å². The highest BCUT2D eigenvalue weighted by Gasteiger charge is 2.50. The van der Waals surface area contributed by atoms with E-state index in [0.717, 1.165) is 30.6 Å². The van der Waals surface area contributed by atoms with Gasteiger partial charge in [0.1, 0.15) is 12.1 Å². The van der Waals surface area contributed by atoms with Crippen LogP contribution in [0.25, 0.3) is 0 Å². The van der Waals surface area contributed by atoms with Gasteiger partial charge < -0.3 is 10.6 Å². The van der Waals surface area contributed by atoms with Crippen molar-refractivity contribution in [1.82, 2.24) is 10.2 Å². The summed E-state index contributed by atoms with van der Waals surface area (Å²) in [6, 6.07) is 7.14. The third-order valence-electron chi connectivity index (χ3n) is 4.68. The van der Waals surface area contributed by atoms with Gasteiger partial charge in [-0.2, -0.15) is 0 Å². The fourth-order valence-corrected chi connectivity index (χ4v) is 3.52. The van der Waals surface area contributed by atoms with Crippen LogP contribution < -0.4 is 10.6 Å². The smallest absolute Gasteiger partial charge is 0.325 e. The molecule has 0 saturated carbocycles. The maximum atomic E-state index is 12.8. The lowest BCUT2D eigenvalue weighted by Gasteiger charge is -2.25. The lowest BCUT2D eigenvalue weighted by molar-refractivity contribution is -0.134. The van der Waals surface area contributed by atoms with Gasteiger partial charge in [0.25, 0.3) is 5.91 Å². The molecule has 2 N–H and O–H groups in total. The van der Waals surface area contributed by atoms with Gasteiger partial charge in [0, 0.05) is 5.69 Å². The van der Waals surface area contributed by atoms with E-state index in [2.05, 4.69) is 17.6 Å². The van der Waals surface area contributed by atoms with Crippen LogP contribution in [0.2, 0.25) is 0 Å². The van der Waals surface area contributed by atoms with Crippen molar-refractivity contribution < 1.29 is 14.4 Å². The molecule has 0 atom stereocenters. The third-order valence-corrected chi connectivity index (χ3v) is 4.68. The predicted octanol–water partition coefficient (Wildman–Crippen LogP) is 3.47. The van der Waals surface area contributed by atoms with Crippen molar-refractivity contribution in [2.75, 3.05) is 11.9 Å². The first-order valence-electron chi connectivity index (χ1n) is 9.48. The van der Waals surface area contributed by atoms with E-state index in [1.165, 1.54) is 5.56 Å². The third kappa shape index (κ3) is 4.42. The summed E-state index contributed by atoms with van der Waals surface area (Å²) in [4.78, 5) is 38.4. The lowest BCUT2D eigenvalue weighted by Crippen LogP contribution is -2.47. The molecule has 2 rings (SSSR count). The van der Waals surface area contributed by atoms with Gasteiger partial charge in [-0.1, -0.05) is 52.2 Å². The number of hydrogen-bond donors (Lipinski definition) is 2. The molecular formula is C20H29N3O3. The molecule has 4 amide bonds. The largest absolute Gasteiger partial charge is 0.325 e. The van der Waals surface area contributed by atoms with Crippen LogP contribution in [0.5, 0.6) is 0 Å². The Balaban J connectivity index is 2.01. The summed E-state index contributed by atoms with van der Waals surface area (Å²) >= 11 is 0. The number of nitrogens with zero attached hydrogens (tertiary/aromatic N) is 1. The topological polar surface area (TPSA) is 78.5 Å². The van der Waals surface area contributed by atoms with Gasteiger partial charge >= 0.3 is 6.03 Å². The van der Waals surface area contributed by atoms with E-state index < -0.39 is 11.6 Å². The van der Waals surface area contributed by atoms with Crippen molar-refractivity contribution in [3.63, 3.8) is 0 Å². The average molecular weight is 359 g/mol. The zero-order valence-electron chi connectivity index (χ0n) is 15.9. The molecule has 0 radical (unpaired) electrons. The van der Waals surface area contributed by atoms with Crippen LogP contribution in [0, 0.1) is 0 Å². The summed E-state index contributed by atoms with van der Waals surface area (Å²) in [6.45, 7) is 5.81. The van der Waals surface area contributed by atoms with Crippen LogP contribution in [0.3, 0.4) is 0 Å². The summed E-state index contributed by atoms with van der Waals surface area (Å²) < 4.78 is 0. The number of imide groups is 1. The average Bonchev–Trinajstić information content (AvgIpc) is 2.82. The summed E-state index contributed by atoms with van der Waals surface area (Å²) in [6.07, 6.45) is 4.81. The van der Waals surface area contributed by atoms with E-state index in [1.807, 2.05) is 38.1 Å². The molecule has 0 aromatic heterocycles. The molecule has 0 bridgehead atoms. The SMILES string of the molecule is CCCc1ccc(NC(=O)CN2C(=O)NC(CCC)(CCC)C2=O)cc1. The van der Waals surface area contributed by atoms with Crippen LogP contribution in [-0.4, -0.2) is 34.8 Å². The Morgan fingerprint density at radius 1 is 1.04 bits per heavy atom. The molecule has 0 spiro atoms. The second-order valence-electron chi connectivity index (χ2n) is 6.90. The van der Waals surface area contributed by atoms with Gasteiger partial charge in [0.15, 0.2) is 0 Å². The standard InChI is InChI=1S/C20H29N3O3/c1-4-7-15-8-10-16(11-9-15)21-17(24)14-23-18(25)20(12-5-2,13-6-3)22-19(23)26/h8-11H,4-7,12-14H2,1-3H3,(H,21,24)(H,22,26). The van der Waals surface area contributed by atoms with Crippen molar-refractivity contribution in [1.29, 1.82) is 0 Å². The van der Waals surface area contributed by atoms with Crippen molar-refractivity contribution >= 4 is 23.5 Å². The molecule has 6 nitrogen and oxygen atoms in total. The number of hydrogen-bond acceptors (Lipinski definition) is 3. The first-order chi connectivity index (χ1) is 12.5. The van der Waals surface area contributed by atoms with E-state index in [9.17, 15) is 14.4 Å². The van der Waals surface area contributed by atoms with Gasteiger partial charge in [-0.3, -0.25) is 14.5 Å². The number of carbonyl (C=O) groups excluding carboxylic acids is 3. The monoisotopic (exact) mass is 359 g/mol. The Kier molecular flexibility index (Phi) is 6.77. The highest BCUT2D eigenvalue weighted by molar-refractivity contribution is 6.10. The van der Waals surface area contributed by atoms with Crippen LogP contribution >= 0.6 is 0 Å². The molecule has 1 saturated heterocycles. The fraction of sp³-hybridized carbons (Fsp3) is 0.550. The molecule has 0 unspecified atom stereocenters. The quantitative estimate of drug-likeness (QED) is 0.663. The Morgan fingerprint density at radius 3 is 2.19 bits per heavy atom. The number of rotatable bonds is 9. The molecular weight excluding hydrogens is 330 g/mol. The second kappa shape index (κ2) is 8.83. The van der Waals surface area contributed by atoms with Crippen LogP contribution in [-0.2, 0) is 16.0 Å². The van der Waals surface area contributed by atoms with E-state index in [4.69, 9.17) is 0 Å². The van der Waals surface area contributed by atoms with Gasteiger partial charge in [0.05, 0.1) is 0 Å². The lowest BCUT2D eigenvalue weighted by atomic mass is 9.88. The van der Waals surface area contributed by atoms with Crippen LogP contribution in [0.15, 0.2) is 24.3 Å². The van der Waals surface area contributed by atoms with Crippen LogP contribution in [0.1, 0.15) is 58.4 Å². The molecule has 1 aromatic rings. The number of carbonyl (C=O) groups is 3. The minimum absolute atomic E-state index is 0.267. The molecule has 1 fully saturated rings. The summed E-state index contributed by atoms with van der Waals surface area (Å²) in [5, 5.41) is 5.58. The Hall–Kier alpha value is -2.37. The van der Waals surface area contributed by atoms with Crippen molar-refractivity contribution in [2.24, 2.45) is 0 Å². The van der Waals surface area contributed by atoms with E-state index in [-0.39, 0.29) is 18.4 Å². The maximum Gasteiger partial charge on any atom is 0.325 e. The molecule has 142 valence electrons. The highest BCUT2D eigenvalue weighted by atomic mass is 16.2. The number of amides is 4. The van der Waals surface area contributed by atoms with Gasteiger partial charge in [-0.05, 0) is 37.0 Å². The van der Waals surface area contributed by atoms with Gasteiger partial charge in [-0.15, -0.1) is 0 Å². The Morgan fingerprint density at radius 2 is 1.65 bits per heavy atom.